The van der Waals surface area contributed by atoms with Crippen LogP contribution in [0.3, 0.4) is 0 Å². The Kier molecular flexibility index (Phi) is 5.28. The van der Waals surface area contributed by atoms with E-state index >= 15 is 0 Å². The van der Waals surface area contributed by atoms with E-state index in [1.54, 1.807) is 18.0 Å². The van der Waals surface area contributed by atoms with Gasteiger partial charge in [0.2, 0.25) is 0 Å². The lowest BCUT2D eigenvalue weighted by atomic mass is 10.2. The molecule has 2 nitrogen and oxygen atoms in total. The summed E-state index contributed by atoms with van der Waals surface area (Å²) in [5, 5.41) is 0. The molecule has 16 heavy (non-hydrogen) atoms. The molecule has 1 amide bonds. The molecule has 0 heterocycles. The third kappa shape index (κ3) is 3.22. The molecule has 0 N–H and O–H groups in total. The predicted octanol–water partition coefficient (Wildman–Crippen LogP) is 3.91. The number of hydrogen-bond acceptors (Lipinski definition) is 1. The maximum Gasteiger partial charge on any atom is 0.255 e. The molecule has 0 aliphatic carbocycles. The Labute approximate surface area is 117 Å². The lowest BCUT2D eigenvalue weighted by molar-refractivity contribution is 0.0755. The van der Waals surface area contributed by atoms with Crippen molar-refractivity contribution >= 4 is 49.4 Å². The second-order valence-corrected chi connectivity index (χ2v) is 5.62. The number of alkyl halides is 1. The summed E-state index contributed by atoms with van der Waals surface area (Å²) in [6, 6.07) is 5.53. The van der Waals surface area contributed by atoms with Crippen LogP contribution >= 0.6 is 43.5 Å². The highest BCUT2D eigenvalue weighted by Gasteiger charge is 2.19. The van der Waals surface area contributed by atoms with Gasteiger partial charge in [-0.25, -0.2) is 0 Å². The van der Waals surface area contributed by atoms with Crippen molar-refractivity contribution in [1.29, 1.82) is 0 Å². The van der Waals surface area contributed by atoms with Crippen LogP contribution in [0.4, 0.5) is 0 Å². The quantitative estimate of drug-likeness (QED) is 0.740. The van der Waals surface area contributed by atoms with Gasteiger partial charge in [0.25, 0.3) is 5.91 Å². The number of amides is 1. The molecule has 0 spiro atoms. The molecule has 0 saturated heterocycles. The van der Waals surface area contributed by atoms with Crippen LogP contribution in [-0.4, -0.2) is 29.8 Å². The molecular weight excluding hydrogens is 357 g/mol. The topological polar surface area (TPSA) is 20.3 Å². The van der Waals surface area contributed by atoms with Crippen LogP contribution in [0.25, 0.3) is 0 Å². The van der Waals surface area contributed by atoms with Crippen LogP contribution in [0.1, 0.15) is 17.3 Å². The van der Waals surface area contributed by atoms with Crippen molar-refractivity contribution in [2.75, 3.05) is 12.9 Å². The van der Waals surface area contributed by atoms with E-state index in [0.29, 0.717) is 11.4 Å². The van der Waals surface area contributed by atoms with Crippen molar-refractivity contribution < 1.29 is 4.79 Å². The predicted molar refractivity (Wildman–Crippen MR) is 74.1 cm³/mol. The smallest absolute Gasteiger partial charge is 0.255 e. The Bertz CT molecular complexity index is 398. The first-order valence-corrected chi connectivity index (χ1v) is 6.87. The van der Waals surface area contributed by atoms with Gasteiger partial charge in [-0.2, -0.15) is 0 Å². The van der Waals surface area contributed by atoms with Gasteiger partial charge in [0.1, 0.15) is 0 Å². The number of carbonyl (C=O) groups excluding carboxylic acids is 1. The maximum absolute atomic E-state index is 12.1. The van der Waals surface area contributed by atoms with Gasteiger partial charge in [-0.15, -0.1) is 11.6 Å². The van der Waals surface area contributed by atoms with E-state index in [1.807, 2.05) is 19.1 Å². The molecular formula is C11H12Br2ClNO. The van der Waals surface area contributed by atoms with Crippen molar-refractivity contribution in [3.05, 3.63) is 32.7 Å². The summed E-state index contributed by atoms with van der Waals surface area (Å²) in [5.41, 5.74) is 0.633. The molecule has 1 aromatic rings. The first-order valence-electron chi connectivity index (χ1n) is 4.75. The summed E-state index contributed by atoms with van der Waals surface area (Å²) in [4.78, 5) is 13.8. The zero-order valence-electron chi connectivity index (χ0n) is 9.01. The van der Waals surface area contributed by atoms with Crippen molar-refractivity contribution in [3.8, 4) is 0 Å². The van der Waals surface area contributed by atoms with E-state index in [2.05, 4.69) is 31.9 Å². The first kappa shape index (κ1) is 14.0. The Morgan fingerprint density at radius 1 is 1.50 bits per heavy atom. The van der Waals surface area contributed by atoms with Crippen molar-refractivity contribution in [3.63, 3.8) is 0 Å². The van der Waals surface area contributed by atoms with Gasteiger partial charge in [0.15, 0.2) is 0 Å². The van der Waals surface area contributed by atoms with Gasteiger partial charge in [-0.1, -0.05) is 15.9 Å². The number of nitrogens with zero attached hydrogens (tertiary/aromatic N) is 1. The zero-order chi connectivity index (χ0) is 12.3. The van der Waals surface area contributed by atoms with Crippen LogP contribution in [0, 0.1) is 0 Å². The fourth-order valence-electron chi connectivity index (χ4n) is 1.16. The van der Waals surface area contributed by atoms with Gasteiger partial charge in [-0.05, 0) is 41.1 Å². The van der Waals surface area contributed by atoms with Crippen LogP contribution in [-0.2, 0) is 0 Å². The molecule has 5 heteroatoms. The van der Waals surface area contributed by atoms with Crippen molar-refractivity contribution in [2.45, 2.75) is 13.0 Å². The molecule has 1 aromatic carbocycles. The van der Waals surface area contributed by atoms with E-state index in [4.69, 9.17) is 11.6 Å². The molecule has 0 aliphatic heterocycles. The molecule has 0 saturated carbocycles. The van der Waals surface area contributed by atoms with E-state index in [9.17, 15) is 4.79 Å². The molecule has 0 aliphatic rings. The van der Waals surface area contributed by atoms with Gasteiger partial charge < -0.3 is 4.90 Å². The largest absolute Gasteiger partial charge is 0.338 e. The number of hydrogen-bond donors (Lipinski definition) is 0. The summed E-state index contributed by atoms with van der Waals surface area (Å²) in [7, 11) is 1.75. The molecule has 0 bridgehead atoms. The molecule has 1 rings (SSSR count). The highest BCUT2D eigenvalue weighted by molar-refractivity contribution is 9.11. The Morgan fingerprint density at radius 3 is 2.69 bits per heavy atom. The van der Waals surface area contributed by atoms with Gasteiger partial charge >= 0.3 is 0 Å². The minimum Gasteiger partial charge on any atom is -0.338 e. The fraction of sp³-hybridized carbons (Fsp3) is 0.364. The van der Waals surface area contributed by atoms with Crippen LogP contribution in [0.15, 0.2) is 27.1 Å². The summed E-state index contributed by atoms with van der Waals surface area (Å²) < 4.78 is 1.67. The summed E-state index contributed by atoms with van der Waals surface area (Å²) >= 11 is 12.5. The number of halogens is 3. The van der Waals surface area contributed by atoms with Gasteiger partial charge in [0, 0.05) is 27.9 Å². The lowest BCUT2D eigenvalue weighted by Crippen LogP contribution is -2.36. The minimum absolute atomic E-state index is 0.0139. The molecule has 1 unspecified atom stereocenters. The van der Waals surface area contributed by atoms with E-state index in [1.165, 1.54) is 0 Å². The van der Waals surface area contributed by atoms with Crippen LogP contribution in [0.2, 0.25) is 0 Å². The standard InChI is InChI=1S/C11H12Br2ClNO/c1-7(6-14)15(2)11(16)9-5-8(12)3-4-10(9)13/h3-5,7H,6H2,1-2H3. The zero-order valence-corrected chi connectivity index (χ0v) is 12.9. The van der Waals surface area contributed by atoms with Crippen molar-refractivity contribution in [1.82, 2.24) is 4.90 Å². The van der Waals surface area contributed by atoms with Gasteiger partial charge in [-0.3, -0.25) is 4.79 Å². The summed E-state index contributed by atoms with van der Waals surface area (Å²) in [6.07, 6.45) is 0. The van der Waals surface area contributed by atoms with E-state index in [-0.39, 0.29) is 11.9 Å². The van der Waals surface area contributed by atoms with E-state index < -0.39 is 0 Å². The van der Waals surface area contributed by atoms with Crippen LogP contribution < -0.4 is 0 Å². The Hall–Kier alpha value is -0.0600. The minimum atomic E-state index is -0.0404. The SMILES string of the molecule is CC(CCl)N(C)C(=O)c1cc(Br)ccc1Br. The average Bonchev–Trinajstić information content (AvgIpc) is 2.29. The first-order chi connectivity index (χ1) is 7.47. The second kappa shape index (κ2) is 6.03. The third-order valence-electron chi connectivity index (χ3n) is 2.36. The summed E-state index contributed by atoms with van der Waals surface area (Å²) in [5.74, 6) is 0.384. The maximum atomic E-state index is 12.1. The van der Waals surface area contributed by atoms with Gasteiger partial charge in [0.05, 0.1) is 5.56 Å². The molecule has 88 valence electrons. The highest BCUT2D eigenvalue weighted by Crippen LogP contribution is 2.23. The fourth-order valence-corrected chi connectivity index (χ4v) is 2.14. The second-order valence-electron chi connectivity index (χ2n) is 3.54. The highest BCUT2D eigenvalue weighted by atomic mass is 79.9. The molecule has 0 aromatic heterocycles. The summed E-state index contributed by atoms with van der Waals surface area (Å²) in [6.45, 7) is 1.91. The number of carbonyl (C=O) groups is 1. The van der Waals surface area contributed by atoms with E-state index in [0.717, 1.165) is 8.95 Å². The molecule has 1 atom stereocenters. The number of benzene rings is 1. The van der Waals surface area contributed by atoms with Crippen LogP contribution in [0.5, 0.6) is 0 Å². The monoisotopic (exact) mass is 367 g/mol. The Balaban J connectivity index is 3.00. The third-order valence-corrected chi connectivity index (χ3v) is 4.00. The normalized spacial score (nSPS) is 12.3. The lowest BCUT2D eigenvalue weighted by Gasteiger charge is -2.23. The van der Waals surface area contributed by atoms with Crippen molar-refractivity contribution in [2.24, 2.45) is 0 Å². The number of rotatable bonds is 3. The molecule has 0 radical (unpaired) electrons. The molecule has 0 fully saturated rings. The average molecular weight is 369 g/mol. The Morgan fingerprint density at radius 2 is 2.12 bits per heavy atom.